The summed E-state index contributed by atoms with van der Waals surface area (Å²) in [6.45, 7) is 6.24. The normalized spacial score (nSPS) is 12.9. The first-order valence-electron chi connectivity index (χ1n) is 6.58. The van der Waals surface area contributed by atoms with Gasteiger partial charge in [-0.3, -0.25) is 4.79 Å². The smallest absolute Gasteiger partial charge is 0.185 e. The molecule has 19 heavy (non-hydrogen) atoms. The molecular formula is C16H18BrNO. The maximum atomic E-state index is 12.5. The van der Waals surface area contributed by atoms with E-state index in [1.54, 1.807) is 0 Å². The SMILES string of the molecule is CC(C)CC(C)C(=O)c1nc2ccccc2cc1Br. The standard InChI is InChI=1S/C16H18BrNO/c1-10(2)8-11(3)16(19)15-13(17)9-12-6-4-5-7-14(12)18-15/h4-7,9-11H,8H2,1-3H3. The maximum Gasteiger partial charge on any atom is 0.185 e. The molecule has 3 heteroatoms. The minimum absolute atomic E-state index is 0.00459. The minimum atomic E-state index is 0.00459. The summed E-state index contributed by atoms with van der Waals surface area (Å²) in [6, 6.07) is 9.82. The fourth-order valence-corrected chi connectivity index (χ4v) is 2.84. The predicted molar refractivity (Wildman–Crippen MR) is 82.4 cm³/mol. The van der Waals surface area contributed by atoms with Crippen molar-refractivity contribution >= 4 is 32.6 Å². The molecule has 0 aliphatic carbocycles. The van der Waals surface area contributed by atoms with Crippen molar-refractivity contribution < 1.29 is 4.79 Å². The predicted octanol–water partition coefficient (Wildman–Crippen LogP) is 4.86. The van der Waals surface area contributed by atoms with Crippen molar-refractivity contribution in [3.8, 4) is 0 Å². The summed E-state index contributed by atoms with van der Waals surface area (Å²) in [4.78, 5) is 17.0. The second kappa shape index (κ2) is 5.83. The van der Waals surface area contributed by atoms with Gasteiger partial charge in [0.15, 0.2) is 5.78 Å². The van der Waals surface area contributed by atoms with Crippen LogP contribution in [0.25, 0.3) is 10.9 Å². The Labute approximate surface area is 122 Å². The van der Waals surface area contributed by atoms with Gasteiger partial charge in [0.2, 0.25) is 0 Å². The Hall–Kier alpha value is -1.22. The van der Waals surface area contributed by atoms with Gasteiger partial charge in [0.1, 0.15) is 5.69 Å². The molecule has 2 aromatic rings. The number of nitrogens with zero attached hydrogens (tertiary/aromatic N) is 1. The molecule has 0 spiro atoms. The minimum Gasteiger partial charge on any atom is -0.292 e. The number of Topliss-reactive ketones (excluding diaryl/α,β-unsaturated/α-hetero) is 1. The van der Waals surface area contributed by atoms with Crippen LogP contribution in [0.4, 0.5) is 0 Å². The zero-order valence-corrected chi connectivity index (χ0v) is 13.1. The quantitative estimate of drug-likeness (QED) is 0.753. The maximum absolute atomic E-state index is 12.5. The molecule has 0 bridgehead atoms. The third kappa shape index (κ3) is 3.21. The summed E-state index contributed by atoms with van der Waals surface area (Å²) in [5.74, 6) is 0.634. The van der Waals surface area contributed by atoms with Gasteiger partial charge in [-0.15, -0.1) is 0 Å². The van der Waals surface area contributed by atoms with Crippen LogP contribution in [0.2, 0.25) is 0 Å². The molecule has 0 radical (unpaired) electrons. The van der Waals surface area contributed by atoms with Crippen molar-refractivity contribution in [1.29, 1.82) is 0 Å². The van der Waals surface area contributed by atoms with Gasteiger partial charge < -0.3 is 0 Å². The number of rotatable bonds is 4. The molecule has 2 rings (SSSR count). The molecule has 1 aromatic heterocycles. The van der Waals surface area contributed by atoms with Crippen LogP contribution in [0.3, 0.4) is 0 Å². The van der Waals surface area contributed by atoms with E-state index < -0.39 is 0 Å². The van der Waals surface area contributed by atoms with Gasteiger partial charge in [-0.05, 0) is 40.4 Å². The molecule has 0 saturated heterocycles. The molecule has 1 unspecified atom stereocenters. The number of aromatic nitrogens is 1. The van der Waals surface area contributed by atoms with Crippen molar-refractivity contribution in [1.82, 2.24) is 4.98 Å². The fourth-order valence-electron chi connectivity index (χ4n) is 2.31. The van der Waals surface area contributed by atoms with Crippen LogP contribution < -0.4 is 0 Å². The highest BCUT2D eigenvalue weighted by Crippen LogP contribution is 2.25. The third-order valence-corrected chi connectivity index (χ3v) is 3.79. The summed E-state index contributed by atoms with van der Waals surface area (Å²) in [7, 11) is 0. The Bertz CT molecular complexity index is 607. The molecule has 1 atom stereocenters. The first-order valence-corrected chi connectivity index (χ1v) is 7.38. The van der Waals surface area contributed by atoms with Gasteiger partial charge in [-0.2, -0.15) is 0 Å². The summed E-state index contributed by atoms with van der Waals surface area (Å²) in [6.07, 6.45) is 0.889. The lowest BCUT2D eigenvalue weighted by Crippen LogP contribution is -2.15. The largest absolute Gasteiger partial charge is 0.292 e. The number of carbonyl (C=O) groups is 1. The highest BCUT2D eigenvalue weighted by molar-refractivity contribution is 9.10. The first-order chi connectivity index (χ1) is 8.99. The number of ketones is 1. The molecule has 0 N–H and O–H groups in total. The number of halogens is 1. The van der Waals surface area contributed by atoms with Gasteiger partial charge in [0.25, 0.3) is 0 Å². The monoisotopic (exact) mass is 319 g/mol. The Morgan fingerprint density at radius 3 is 2.63 bits per heavy atom. The number of para-hydroxylation sites is 1. The zero-order chi connectivity index (χ0) is 14.0. The molecule has 2 nitrogen and oxygen atoms in total. The molecule has 0 aliphatic heterocycles. The van der Waals surface area contributed by atoms with E-state index >= 15 is 0 Å². The Balaban J connectivity index is 2.39. The van der Waals surface area contributed by atoms with E-state index in [4.69, 9.17) is 0 Å². The van der Waals surface area contributed by atoms with E-state index in [9.17, 15) is 4.79 Å². The van der Waals surface area contributed by atoms with Crippen molar-refractivity contribution in [3.05, 3.63) is 40.5 Å². The van der Waals surface area contributed by atoms with E-state index in [0.717, 1.165) is 21.8 Å². The molecule has 0 fully saturated rings. The number of hydrogen-bond donors (Lipinski definition) is 0. The third-order valence-electron chi connectivity index (χ3n) is 3.18. The molecule has 0 amide bonds. The van der Waals surface area contributed by atoms with E-state index in [1.165, 1.54) is 0 Å². The van der Waals surface area contributed by atoms with Crippen molar-refractivity contribution in [2.75, 3.05) is 0 Å². The lowest BCUT2D eigenvalue weighted by Gasteiger charge is -2.13. The Kier molecular flexibility index (Phi) is 4.35. The van der Waals surface area contributed by atoms with E-state index in [-0.39, 0.29) is 11.7 Å². The summed E-state index contributed by atoms with van der Waals surface area (Å²) < 4.78 is 0.784. The number of pyridine rings is 1. The number of hydrogen-bond acceptors (Lipinski definition) is 2. The van der Waals surface area contributed by atoms with Gasteiger partial charge in [-0.1, -0.05) is 39.0 Å². The molecule has 100 valence electrons. The highest BCUT2D eigenvalue weighted by Gasteiger charge is 2.20. The van der Waals surface area contributed by atoms with Gasteiger partial charge in [0.05, 0.1) is 5.52 Å². The van der Waals surface area contributed by atoms with Crippen LogP contribution in [0, 0.1) is 11.8 Å². The summed E-state index contributed by atoms with van der Waals surface area (Å²) in [5.41, 5.74) is 1.41. The lowest BCUT2D eigenvalue weighted by atomic mass is 9.93. The van der Waals surface area contributed by atoms with E-state index in [1.807, 2.05) is 37.3 Å². The van der Waals surface area contributed by atoms with Gasteiger partial charge >= 0.3 is 0 Å². The molecule has 1 heterocycles. The van der Waals surface area contributed by atoms with Crippen LogP contribution >= 0.6 is 15.9 Å². The number of benzene rings is 1. The van der Waals surface area contributed by atoms with E-state index in [0.29, 0.717) is 11.6 Å². The Morgan fingerprint density at radius 1 is 1.26 bits per heavy atom. The average Bonchev–Trinajstić information content (AvgIpc) is 2.36. The highest BCUT2D eigenvalue weighted by atomic mass is 79.9. The fraction of sp³-hybridized carbons (Fsp3) is 0.375. The van der Waals surface area contributed by atoms with Crippen LogP contribution in [0.15, 0.2) is 34.8 Å². The molecule has 0 saturated carbocycles. The molecule has 1 aromatic carbocycles. The summed E-state index contributed by atoms with van der Waals surface area (Å²) in [5, 5.41) is 1.04. The Morgan fingerprint density at radius 2 is 1.95 bits per heavy atom. The van der Waals surface area contributed by atoms with Crippen LogP contribution in [-0.2, 0) is 0 Å². The van der Waals surface area contributed by atoms with Crippen molar-refractivity contribution in [2.45, 2.75) is 27.2 Å². The molecular weight excluding hydrogens is 302 g/mol. The summed E-state index contributed by atoms with van der Waals surface area (Å²) >= 11 is 3.47. The molecule has 0 aliphatic rings. The lowest BCUT2D eigenvalue weighted by molar-refractivity contribution is 0.0910. The average molecular weight is 320 g/mol. The van der Waals surface area contributed by atoms with Gasteiger partial charge in [-0.25, -0.2) is 4.98 Å². The van der Waals surface area contributed by atoms with Crippen LogP contribution in [0.5, 0.6) is 0 Å². The topological polar surface area (TPSA) is 30.0 Å². The van der Waals surface area contributed by atoms with E-state index in [2.05, 4.69) is 34.8 Å². The first kappa shape index (κ1) is 14.2. The van der Waals surface area contributed by atoms with Crippen molar-refractivity contribution in [3.63, 3.8) is 0 Å². The van der Waals surface area contributed by atoms with Crippen molar-refractivity contribution in [2.24, 2.45) is 11.8 Å². The van der Waals surface area contributed by atoms with Crippen LogP contribution in [0.1, 0.15) is 37.7 Å². The zero-order valence-electron chi connectivity index (χ0n) is 11.5. The second-order valence-electron chi connectivity index (χ2n) is 5.41. The second-order valence-corrected chi connectivity index (χ2v) is 6.26. The van der Waals surface area contributed by atoms with Crippen LogP contribution in [-0.4, -0.2) is 10.8 Å². The number of fused-ring (bicyclic) bond motifs is 1. The number of carbonyl (C=O) groups excluding carboxylic acids is 1. The van der Waals surface area contributed by atoms with Gasteiger partial charge in [0, 0.05) is 15.8 Å².